The molecular formula is C33H65NO8P+. The molecule has 10 heteroatoms. The number of phosphoric acid groups is 1. The fourth-order valence-electron chi connectivity index (χ4n) is 4.28. The van der Waals surface area contributed by atoms with Crippen molar-refractivity contribution in [3.8, 4) is 0 Å². The lowest BCUT2D eigenvalue weighted by Gasteiger charge is -2.24. The molecule has 0 aromatic heterocycles. The molecule has 0 aromatic rings. The van der Waals surface area contributed by atoms with Crippen LogP contribution >= 0.6 is 7.82 Å². The summed E-state index contributed by atoms with van der Waals surface area (Å²) in [5.74, 6) is -0.844. The van der Waals surface area contributed by atoms with Crippen LogP contribution in [0.5, 0.6) is 0 Å². The lowest BCUT2D eigenvalue weighted by atomic mass is 10.1. The van der Waals surface area contributed by atoms with Gasteiger partial charge in [0.15, 0.2) is 6.10 Å². The SMILES string of the molecule is CCCCCCCC/C=C\CCCCCCCCCC(=O)OC(COC(=O)CCCC)COP(=O)(O)OCC[N+](C)(C)C. The van der Waals surface area contributed by atoms with Crippen molar-refractivity contribution < 1.29 is 42.1 Å². The number of carbonyl (C=O) groups is 2. The first kappa shape index (κ1) is 41.8. The maximum Gasteiger partial charge on any atom is 0.472 e. The first-order chi connectivity index (χ1) is 20.5. The van der Waals surface area contributed by atoms with Crippen molar-refractivity contribution in [2.24, 2.45) is 0 Å². The predicted octanol–water partition coefficient (Wildman–Crippen LogP) is 8.29. The second-order valence-corrected chi connectivity index (χ2v) is 14.0. The minimum absolute atomic E-state index is 0.0318. The molecule has 2 unspecified atom stereocenters. The first-order valence-electron chi connectivity index (χ1n) is 16.9. The van der Waals surface area contributed by atoms with Gasteiger partial charge in [-0.2, -0.15) is 0 Å². The van der Waals surface area contributed by atoms with Crippen LogP contribution in [0.25, 0.3) is 0 Å². The average molecular weight is 635 g/mol. The molecule has 0 amide bonds. The van der Waals surface area contributed by atoms with E-state index in [0.717, 1.165) is 32.1 Å². The zero-order valence-electron chi connectivity index (χ0n) is 28.2. The van der Waals surface area contributed by atoms with Crippen molar-refractivity contribution in [2.75, 3.05) is 47.5 Å². The number of hydrogen-bond donors (Lipinski definition) is 1. The van der Waals surface area contributed by atoms with Gasteiger partial charge in [-0.25, -0.2) is 4.57 Å². The summed E-state index contributed by atoms with van der Waals surface area (Å²) >= 11 is 0. The Balaban J connectivity index is 4.18. The van der Waals surface area contributed by atoms with E-state index in [1.165, 1.54) is 64.2 Å². The van der Waals surface area contributed by atoms with E-state index in [-0.39, 0.29) is 26.1 Å². The van der Waals surface area contributed by atoms with Crippen LogP contribution in [0.4, 0.5) is 0 Å². The molecule has 0 bridgehead atoms. The molecule has 0 aromatic carbocycles. The van der Waals surface area contributed by atoms with Crippen molar-refractivity contribution in [2.45, 2.75) is 142 Å². The Kier molecular flexibility index (Phi) is 26.3. The molecule has 0 radical (unpaired) electrons. The summed E-state index contributed by atoms with van der Waals surface area (Å²) in [5.41, 5.74) is 0. The normalized spacial score (nSPS) is 14.1. The fourth-order valence-corrected chi connectivity index (χ4v) is 5.02. The van der Waals surface area contributed by atoms with Gasteiger partial charge >= 0.3 is 19.8 Å². The molecule has 0 rings (SSSR count). The zero-order chi connectivity index (χ0) is 32.2. The van der Waals surface area contributed by atoms with Crippen LogP contribution in [0.15, 0.2) is 12.2 Å². The minimum Gasteiger partial charge on any atom is -0.462 e. The third kappa shape index (κ3) is 30.6. The number of esters is 2. The second kappa shape index (κ2) is 27.1. The lowest BCUT2D eigenvalue weighted by Crippen LogP contribution is -2.37. The summed E-state index contributed by atoms with van der Waals surface area (Å²) < 4.78 is 33.6. The average Bonchev–Trinajstić information content (AvgIpc) is 2.94. The maximum atomic E-state index is 12.4. The van der Waals surface area contributed by atoms with Gasteiger partial charge in [-0.05, 0) is 38.5 Å². The van der Waals surface area contributed by atoms with Gasteiger partial charge in [0.25, 0.3) is 0 Å². The molecular weight excluding hydrogens is 569 g/mol. The van der Waals surface area contributed by atoms with E-state index in [2.05, 4.69) is 19.1 Å². The summed E-state index contributed by atoms with van der Waals surface area (Å²) in [7, 11) is 1.47. The third-order valence-electron chi connectivity index (χ3n) is 7.05. The van der Waals surface area contributed by atoms with Gasteiger partial charge in [0.2, 0.25) is 0 Å². The number of nitrogens with zero attached hydrogens (tertiary/aromatic N) is 1. The molecule has 1 N–H and O–H groups in total. The van der Waals surface area contributed by atoms with Gasteiger partial charge in [0.05, 0.1) is 27.7 Å². The van der Waals surface area contributed by atoms with Crippen molar-refractivity contribution in [3.05, 3.63) is 12.2 Å². The molecule has 0 saturated carbocycles. The number of unbranched alkanes of at least 4 members (excludes halogenated alkanes) is 14. The number of quaternary nitrogens is 1. The van der Waals surface area contributed by atoms with E-state index in [4.69, 9.17) is 18.5 Å². The smallest absolute Gasteiger partial charge is 0.462 e. The number of allylic oxidation sites excluding steroid dienone is 2. The minimum atomic E-state index is -4.34. The largest absolute Gasteiger partial charge is 0.472 e. The van der Waals surface area contributed by atoms with Crippen molar-refractivity contribution in [1.29, 1.82) is 0 Å². The number of ether oxygens (including phenoxy) is 2. The van der Waals surface area contributed by atoms with Gasteiger partial charge < -0.3 is 18.9 Å². The molecule has 0 spiro atoms. The molecule has 2 atom stereocenters. The highest BCUT2D eigenvalue weighted by Crippen LogP contribution is 2.43. The Morgan fingerprint density at radius 1 is 0.698 bits per heavy atom. The summed E-state index contributed by atoms with van der Waals surface area (Å²) in [5, 5.41) is 0. The van der Waals surface area contributed by atoms with Crippen LogP contribution in [-0.2, 0) is 32.7 Å². The molecule has 0 aliphatic rings. The van der Waals surface area contributed by atoms with E-state index in [1.807, 2.05) is 28.1 Å². The number of phosphoric ester groups is 1. The molecule has 0 fully saturated rings. The Hall–Kier alpha value is -1.25. The number of carbonyl (C=O) groups excluding carboxylic acids is 2. The van der Waals surface area contributed by atoms with Gasteiger partial charge in [-0.15, -0.1) is 0 Å². The van der Waals surface area contributed by atoms with E-state index in [0.29, 0.717) is 23.9 Å². The molecule has 0 aliphatic carbocycles. The van der Waals surface area contributed by atoms with E-state index < -0.39 is 32.5 Å². The third-order valence-corrected chi connectivity index (χ3v) is 8.03. The number of rotatable bonds is 30. The highest BCUT2D eigenvalue weighted by atomic mass is 31.2. The Labute approximate surface area is 263 Å². The van der Waals surface area contributed by atoms with Crippen LogP contribution in [0.1, 0.15) is 136 Å². The fraction of sp³-hybridized carbons (Fsp3) is 0.879. The Morgan fingerprint density at radius 2 is 1.21 bits per heavy atom. The summed E-state index contributed by atoms with van der Waals surface area (Å²) in [4.78, 5) is 34.4. The van der Waals surface area contributed by atoms with Crippen molar-refractivity contribution in [3.63, 3.8) is 0 Å². The van der Waals surface area contributed by atoms with E-state index in [9.17, 15) is 19.0 Å². The van der Waals surface area contributed by atoms with Crippen LogP contribution in [0.2, 0.25) is 0 Å². The quantitative estimate of drug-likeness (QED) is 0.0276. The van der Waals surface area contributed by atoms with E-state index in [1.54, 1.807) is 0 Å². The summed E-state index contributed by atoms with van der Waals surface area (Å²) in [6.45, 7) is 4.13. The van der Waals surface area contributed by atoms with Crippen molar-refractivity contribution in [1.82, 2.24) is 0 Å². The molecule has 0 aliphatic heterocycles. The van der Waals surface area contributed by atoms with Gasteiger partial charge in [0, 0.05) is 12.8 Å². The predicted molar refractivity (Wildman–Crippen MR) is 174 cm³/mol. The molecule has 9 nitrogen and oxygen atoms in total. The van der Waals surface area contributed by atoms with Gasteiger partial charge in [0.1, 0.15) is 19.8 Å². The Morgan fingerprint density at radius 3 is 1.77 bits per heavy atom. The van der Waals surface area contributed by atoms with Gasteiger partial charge in [-0.1, -0.05) is 96.6 Å². The first-order valence-corrected chi connectivity index (χ1v) is 18.4. The highest BCUT2D eigenvalue weighted by molar-refractivity contribution is 7.47. The second-order valence-electron chi connectivity index (χ2n) is 12.6. The van der Waals surface area contributed by atoms with Gasteiger partial charge in [-0.3, -0.25) is 18.6 Å². The van der Waals surface area contributed by atoms with Crippen LogP contribution < -0.4 is 0 Å². The lowest BCUT2D eigenvalue weighted by molar-refractivity contribution is -0.870. The Bertz CT molecular complexity index is 768. The molecule has 254 valence electrons. The number of hydrogen-bond acceptors (Lipinski definition) is 7. The topological polar surface area (TPSA) is 108 Å². The molecule has 0 saturated heterocycles. The van der Waals surface area contributed by atoms with Crippen molar-refractivity contribution >= 4 is 19.8 Å². The summed E-state index contributed by atoms with van der Waals surface area (Å²) in [6.07, 6.45) is 23.7. The van der Waals surface area contributed by atoms with E-state index >= 15 is 0 Å². The zero-order valence-corrected chi connectivity index (χ0v) is 29.1. The summed E-state index contributed by atoms with van der Waals surface area (Å²) in [6, 6.07) is 0. The monoisotopic (exact) mass is 634 g/mol. The van der Waals surface area contributed by atoms with Crippen LogP contribution in [0.3, 0.4) is 0 Å². The maximum absolute atomic E-state index is 12.4. The van der Waals surface area contributed by atoms with Crippen LogP contribution in [0, 0.1) is 0 Å². The number of likely N-dealkylation sites (N-methyl/N-ethyl adjacent to an activating group) is 1. The molecule has 43 heavy (non-hydrogen) atoms. The standard InChI is InChI=1S/C33H64NO8P/c1-6-8-10-11-12-13-14-15-16-17-18-19-20-21-22-23-24-26-33(36)42-31(29-39-32(35)25-9-7-2)30-41-43(37,38)40-28-27-34(3,4)5/h15-16,31H,6-14,17-30H2,1-5H3/p+1/b16-15-. The van der Waals surface area contributed by atoms with Crippen LogP contribution in [-0.4, -0.2) is 74.9 Å². The molecule has 0 heterocycles. The highest BCUT2D eigenvalue weighted by Gasteiger charge is 2.27.